The van der Waals surface area contributed by atoms with Gasteiger partial charge in [0.15, 0.2) is 0 Å². The maximum atomic E-state index is 11.9. The Hall–Kier alpha value is -2.13. The maximum Gasteiger partial charge on any atom is 0.234 e. The molecular weight excluding hydrogens is 320 g/mol. The van der Waals surface area contributed by atoms with E-state index in [-0.39, 0.29) is 18.0 Å². The van der Waals surface area contributed by atoms with Gasteiger partial charge < -0.3 is 11.1 Å². The summed E-state index contributed by atoms with van der Waals surface area (Å²) >= 11 is 0. The molecule has 3 N–H and O–H groups in total. The van der Waals surface area contributed by atoms with Crippen LogP contribution in [0.15, 0.2) is 54.6 Å². The Morgan fingerprint density at radius 2 is 1.58 bits per heavy atom. The highest BCUT2D eigenvalue weighted by Gasteiger charge is 2.18. The number of nitrogens with one attached hydrogen (secondary N) is 1. The standard InChI is InChI=1S/C23H32N2O/c1-17(2)21-12-8-7-11-20(21)15-16-22(23(24)26)25-18(3)13-14-19-9-5-4-6-10-19/h4-12,17-18,22,25H,13-16H2,1-3H3,(H2,24,26)/t18-,22+/m1/s1. The average molecular weight is 353 g/mol. The summed E-state index contributed by atoms with van der Waals surface area (Å²) in [6.45, 7) is 6.53. The van der Waals surface area contributed by atoms with Crippen molar-refractivity contribution in [1.82, 2.24) is 5.32 Å². The number of benzene rings is 2. The molecule has 3 nitrogen and oxygen atoms in total. The van der Waals surface area contributed by atoms with Crippen LogP contribution >= 0.6 is 0 Å². The second-order valence-corrected chi connectivity index (χ2v) is 7.44. The molecule has 0 unspecified atom stereocenters. The minimum Gasteiger partial charge on any atom is -0.368 e. The van der Waals surface area contributed by atoms with Crippen LogP contribution in [0.4, 0.5) is 0 Å². The van der Waals surface area contributed by atoms with E-state index in [0.29, 0.717) is 5.92 Å². The van der Waals surface area contributed by atoms with Crippen LogP contribution in [0, 0.1) is 0 Å². The van der Waals surface area contributed by atoms with Gasteiger partial charge in [0.1, 0.15) is 0 Å². The quantitative estimate of drug-likeness (QED) is 0.673. The van der Waals surface area contributed by atoms with E-state index in [9.17, 15) is 4.79 Å². The van der Waals surface area contributed by atoms with E-state index in [1.807, 2.05) is 6.07 Å². The Labute approximate surface area is 158 Å². The second-order valence-electron chi connectivity index (χ2n) is 7.44. The minimum absolute atomic E-state index is 0.244. The zero-order chi connectivity index (χ0) is 18.9. The molecule has 0 aliphatic carbocycles. The number of hydrogen-bond acceptors (Lipinski definition) is 2. The highest BCUT2D eigenvalue weighted by Crippen LogP contribution is 2.21. The summed E-state index contributed by atoms with van der Waals surface area (Å²) in [5.41, 5.74) is 9.64. The van der Waals surface area contributed by atoms with Gasteiger partial charge in [0, 0.05) is 6.04 Å². The van der Waals surface area contributed by atoms with Crippen LogP contribution < -0.4 is 11.1 Å². The summed E-state index contributed by atoms with van der Waals surface area (Å²) in [4.78, 5) is 11.9. The second kappa shape index (κ2) is 10.1. The van der Waals surface area contributed by atoms with Crippen molar-refractivity contribution in [3.8, 4) is 0 Å². The Morgan fingerprint density at radius 1 is 0.923 bits per heavy atom. The van der Waals surface area contributed by atoms with E-state index in [2.05, 4.69) is 74.6 Å². The van der Waals surface area contributed by atoms with Gasteiger partial charge in [0.05, 0.1) is 6.04 Å². The number of rotatable bonds is 10. The normalized spacial score (nSPS) is 13.5. The minimum atomic E-state index is -0.291. The lowest BCUT2D eigenvalue weighted by Crippen LogP contribution is -2.45. The third-order valence-corrected chi connectivity index (χ3v) is 4.92. The van der Waals surface area contributed by atoms with Crippen molar-refractivity contribution < 1.29 is 4.79 Å². The monoisotopic (exact) mass is 352 g/mol. The summed E-state index contributed by atoms with van der Waals surface area (Å²) in [6, 6.07) is 18.9. The molecule has 0 aliphatic rings. The summed E-state index contributed by atoms with van der Waals surface area (Å²) < 4.78 is 0. The molecule has 0 bridgehead atoms. The Bertz CT molecular complexity index is 682. The fourth-order valence-electron chi connectivity index (χ4n) is 3.39. The third kappa shape index (κ3) is 6.30. The lowest BCUT2D eigenvalue weighted by molar-refractivity contribution is -0.120. The van der Waals surface area contributed by atoms with Crippen LogP contribution in [0.2, 0.25) is 0 Å². The molecule has 26 heavy (non-hydrogen) atoms. The first-order valence-corrected chi connectivity index (χ1v) is 9.64. The predicted octanol–water partition coefficient (Wildman–Crippen LogP) is 4.21. The summed E-state index contributed by atoms with van der Waals surface area (Å²) in [6.07, 6.45) is 3.57. The van der Waals surface area contributed by atoms with Crippen LogP contribution in [0.1, 0.15) is 56.2 Å². The molecule has 1 amide bonds. The third-order valence-electron chi connectivity index (χ3n) is 4.92. The first-order valence-electron chi connectivity index (χ1n) is 9.64. The predicted molar refractivity (Wildman–Crippen MR) is 109 cm³/mol. The number of carbonyl (C=O) groups is 1. The van der Waals surface area contributed by atoms with Gasteiger partial charge in [-0.2, -0.15) is 0 Å². The molecule has 0 radical (unpaired) electrons. The van der Waals surface area contributed by atoms with Crippen molar-refractivity contribution in [2.24, 2.45) is 5.73 Å². The molecule has 0 heterocycles. The molecule has 0 fully saturated rings. The molecule has 0 saturated heterocycles. The fraction of sp³-hybridized carbons (Fsp3) is 0.435. The summed E-state index contributed by atoms with van der Waals surface area (Å²) in [5, 5.41) is 3.43. The number of carbonyl (C=O) groups excluding carboxylic acids is 1. The zero-order valence-corrected chi connectivity index (χ0v) is 16.2. The molecule has 2 atom stereocenters. The molecular formula is C23H32N2O. The van der Waals surface area contributed by atoms with Crippen LogP contribution in [0.25, 0.3) is 0 Å². The lowest BCUT2D eigenvalue weighted by atomic mass is 9.93. The van der Waals surface area contributed by atoms with Crippen molar-refractivity contribution in [1.29, 1.82) is 0 Å². The van der Waals surface area contributed by atoms with Crippen LogP contribution in [0.5, 0.6) is 0 Å². The highest BCUT2D eigenvalue weighted by molar-refractivity contribution is 5.79. The molecule has 0 spiro atoms. The van der Waals surface area contributed by atoms with Gasteiger partial charge >= 0.3 is 0 Å². The summed E-state index contributed by atoms with van der Waals surface area (Å²) in [5.74, 6) is 0.217. The van der Waals surface area contributed by atoms with Gasteiger partial charge in [-0.1, -0.05) is 68.4 Å². The average Bonchev–Trinajstić information content (AvgIpc) is 2.64. The molecule has 0 aromatic heterocycles. The van der Waals surface area contributed by atoms with E-state index in [0.717, 1.165) is 25.7 Å². The van der Waals surface area contributed by atoms with Crippen molar-refractivity contribution in [2.75, 3.05) is 0 Å². The zero-order valence-electron chi connectivity index (χ0n) is 16.2. The fourth-order valence-corrected chi connectivity index (χ4v) is 3.39. The van der Waals surface area contributed by atoms with E-state index in [4.69, 9.17) is 5.73 Å². The Kier molecular flexibility index (Phi) is 7.86. The van der Waals surface area contributed by atoms with Gasteiger partial charge in [-0.25, -0.2) is 0 Å². The largest absolute Gasteiger partial charge is 0.368 e. The molecule has 3 heteroatoms. The number of amides is 1. The van der Waals surface area contributed by atoms with Gasteiger partial charge in [0.2, 0.25) is 5.91 Å². The van der Waals surface area contributed by atoms with Crippen molar-refractivity contribution >= 4 is 5.91 Å². The number of nitrogens with two attached hydrogens (primary N) is 1. The molecule has 0 aliphatic heterocycles. The van der Waals surface area contributed by atoms with E-state index in [1.54, 1.807) is 0 Å². The van der Waals surface area contributed by atoms with E-state index < -0.39 is 0 Å². The van der Waals surface area contributed by atoms with Crippen molar-refractivity contribution in [3.05, 3.63) is 71.3 Å². The summed E-state index contributed by atoms with van der Waals surface area (Å²) in [7, 11) is 0. The molecule has 2 aromatic rings. The topological polar surface area (TPSA) is 55.1 Å². The maximum absolute atomic E-state index is 11.9. The number of aryl methyl sites for hydroxylation is 2. The first kappa shape index (κ1) is 20.2. The Morgan fingerprint density at radius 3 is 2.23 bits per heavy atom. The molecule has 0 saturated carbocycles. The van der Waals surface area contributed by atoms with Crippen molar-refractivity contribution in [2.45, 2.75) is 64.5 Å². The number of hydrogen-bond donors (Lipinski definition) is 2. The van der Waals surface area contributed by atoms with Gasteiger partial charge in [-0.05, 0) is 55.2 Å². The Balaban J connectivity index is 1.89. The first-order chi connectivity index (χ1) is 12.5. The smallest absolute Gasteiger partial charge is 0.234 e. The van der Waals surface area contributed by atoms with Gasteiger partial charge in [-0.15, -0.1) is 0 Å². The highest BCUT2D eigenvalue weighted by atomic mass is 16.1. The van der Waals surface area contributed by atoms with E-state index >= 15 is 0 Å². The van der Waals surface area contributed by atoms with Crippen molar-refractivity contribution in [3.63, 3.8) is 0 Å². The molecule has 2 aromatic carbocycles. The van der Waals surface area contributed by atoms with E-state index in [1.165, 1.54) is 16.7 Å². The molecule has 2 rings (SSSR count). The van der Waals surface area contributed by atoms with Crippen LogP contribution in [-0.2, 0) is 17.6 Å². The lowest BCUT2D eigenvalue weighted by Gasteiger charge is -2.22. The number of primary amides is 1. The van der Waals surface area contributed by atoms with Crippen LogP contribution in [-0.4, -0.2) is 18.0 Å². The molecule has 140 valence electrons. The van der Waals surface area contributed by atoms with Gasteiger partial charge in [0.25, 0.3) is 0 Å². The van der Waals surface area contributed by atoms with Crippen LogP contribution in [0.3, 0.4) is 0 Å². The van der Waals surface area contributed by atoms with Gasteiger partial charge in [-0.3, -0.25) is 4.79 Å². The SMILES string of the molecule is CC(C)c1ccccc1CC[C@H](N[C@H](C)CCc1ccccc1)C(N)=O.